The van der Waals surface area contributed by atoms with E-state index < -0.39 is 0 Å². The average molecular weight is 204 g/mol. The molecule has 1 aromatic heterocycles. The summed E-state index contributed by atoms with van der Waals surface area (Å²) in [5.41, 5.74) is 2.01. The normalized spacial score (nSPS) is 12.7. The van der Waals surface area contributed by atoms with Gasteiger partial charge in [-0.1, -0.05) is 18.7 Å². The van der Waals surface area contributed by atoms with E-state index >= 15 is 0 Å². The van der Waals surface area contributed by atoms with Crippen LogP contribution in [-0.4, -0.2) is 16.9 Å². The minimum Gasteiger partial charge on any atom is -0.496 e. The van der Waals surface area contributed by atoms with Gasteiger partial charge >= 0.3 is 0 Å². The van der Waals surface area contributed by atoms with E-state index in [4.69, 9.17) is 4.74 Å². The van der Waals surface area contributed by atoms with Gasteiger partial charge in [0.2, 0.25) is 0 Å². The minimum atomic E-state index is 0.822. The second-order valence-corrected chi connectivity index (χ2v) is 3.08. The highest BCUT2D eigenvalue weighted by Gasteiger charge is 2.08. The summed E-state index contributed by atoms with van der Waals surface area (Å²) in [6, 6.07) is 0. The molecular weight excluding hydrogens is 188 g/mol. The Hall–Kier alpha value is -1.77. The molecule has 0 N–H and O–H groups in total. The standard InChI is InChI=1S/C12H16N2O/c1-5-7-11(12(6-2)15-4)10-8-13-14(3)9-10/h5-9H,1H2,2-4H3/b11-7-,12-6+. The molecule has 0 aliphatic heterocycles. The fourth-order valence-corrected chi connectivity index (χ4v) is 1.38. The molecule has 3 heteroatoms. The van der Waals surface area contributed by atoms with Gasteiger partial charge in [-0.3, -0.25) is 4.68 Å². The van der Waals surface area contributed by atoms with E-state index in [9.17, 15) is 0 Å². The van der Waals surface area contributed by atoms with E-state index in [2.05, 4.69) is 11.7 Å². The second-order valence-electron chi connectivity index (χ2n) is 3.08. The molecule has 0 bridgehead atoms. The van der Waals surface area contributed by atoms with Crippen LogP contribution >= 0.6 is 0 Å². The summed E-state index contributed by atoms with van der Waals surface area (Å²) in [5.74, 6) is 0.822. The molecule has 1 rings (SSSR count). The van der Waals surface area contributed by atoms with Crippen molar-refractivity contribution >= 4 is 5.57 Å². The van der Waals surface area contributed by atoms with Crippen LogP contribution < -0.4 is 0 Å². The first-order chi connectivity index (χ1) is 7.22. The molecule has 1 aromatic rings. The van der Waals surface area contributed by atoms with Crippen molar-refractivity contribution in [2.24, 2.45) is 7.05 Å². The molecule has 0 aliphatic carbocycles. The van der Waals surface area contributed by atoms with Crippen molar-refractivity contribution < 1.29 is 4.74 Å². The Bertz CT molecular complexity index is 400. The summed E-state index contributed by atoms with van der Waals surface area (Å²) in [6.45, 7) is 5.63. The van der Waals surface area contributed by atoms with Crippen molar-refractivity contribution in [3.05, 3.63) is 48.5 Å². The third kappa shape index (κ3) is 2.59. The summed E-state index contributed by atoms with van der Waals surface area (Å²) in [7, 11) is 3.54. The van der Waals surface area contributed by atoms with Crippen molar-refractivity contribution in [3.63, 3.8) is 0 Å². The Morgan fingerprint density at radius 1 is 1.60 bits per heavy atom. The predicted octanol–water partition coefficient (Wildman–Crippen LogP) is 2.54. The first kappa shape index (κ1) is 11.3. The van der Waals surface area contributed by atoms with E-state index in [-0.39, 0.29) is 0 Å². The zero-order valence-corrected chi connectivity index (χ0v) is 9.40. The Labute approximate surface area is 90.4 Å². The molecule has 0 unspecified atom stereocenters. The maximum Gasteiger partial charge on any atom is 0.122 e. The maximum atomic E-state index is 5.29. The molecule has 0 saturated heterocycles. The predicted molar refractivity (Wildman–Crippen MR) is 62.1 cm³/mol. The molecule has 0 fully saturated rings. The molecule has 3 nitrogen and oxygen atoms in total. The van der Waals surface area contributed by atoms with Crippen LogP contribution in [0.2, 0.25) is 0 Å². The van der Waals surface area contributed by atoms with Gasteiger partial charge in [0.25, 0.3) is 0 Å². The molecular formula is C12H16N2O. The Morgan fingerprint density at radius 2 is 2.33 bits per heavy atom. The largest absolute Gasteiger partial charge is 0.496 e. The number of aromatic nitrogens is 2. The second kappa shape index (κ2) is 5.20. The summed E-state index contributed by atoms with van der Waals surface area (Å²) >= 11 is 0. The van der Waals surface area contributed by atoms with Gasteiger partial charge in [-0.15, -0.1) is 0 Å². The lowest BCUT2D eigenvalue weighted by Crippen LogP contribution is -1.91. The number of hydrogen-bond acceptors (Lipinski definition) is 2. The van der Waals surface area contributed by atoms with Crippen LogP contribution in [0.5, 0.6) is 0 Å². The first-order valence-electron chi connectivity index (χ1n) is 4.75. The van der Waals surface area contributed by atoms with Crippen LogP contribution in [0, 0.1) is 0 Å². The van der Waals surface area contributed by atoms with Crippen LogP contribution in [0.15, 0.2) is 43.0 Å². The van der Waals surface area contributed by atoms with Crippen LogP contribution in [0.25, 0.3) is 5.57 Å². The molecule has 0 radical (unpaired) electrons. The molecule has 1 heterocycles. The van der Waals surface area contributed by atoms with Crippen LogP contribution in [0.3, 0.4) is 0 Å². The molecule has 0 aliphatic rings. The van der Waals surface area contributed by atoms with Crippen LogP contribution in [-0.2, 0) is 11.8 Å². The summed E-state index contributed by atoms with van der Waals surface area (Å²) in [6.07, 6.45) is 9.32. The number of nitrogens with zero attached hydrogens (tertiary/aromatic N) is 2. The van der Waals surface area contributed by atoms with Crippen molar-refractivity contribution in [1.82, 2.24) is 9.78 Å². The minimum absolute atomic E-state index is 0.822. The van der Waals surface area contributed by atoms with Crippen molar-refractivity contribution in [2.45, 2.75) is 6.92 Å². The highest BCUT2D eigenvalue weighted by molar-refractivity contribution is 5.77. The zero-order valence-electron chi connectivity index (χ0n) is 9.40. The number of ether oxygens (including phenoxy) is 1. The van der Waals surface area contributed by atoms with Crippen molar-refractivity contribution in [1.29, 1.82) is 0 Å². The average Bonchev–Trinajstić information content (AvgIpc) is 2.65. The first-order valence-corrected chi connectivity index (χ1v) is 4.75. The van der Waals surface area contributed by atoms with E-state index in [1.54, 1.807) is 24.1 Å². The fourth-order valence-electron chi connectivity index (χ4n) is 1.38. The van der Waals surface area contributed by atoms with Gasteiger partial charge in [-0.2, -0.15) is 5.10 Å². The van der Waals surface area contributed by atoms with Gasteiger partial charge in [-0.25, -0.2) is 0 Å². The van der Waals surface area contributed by atoms with Gasteiger partial charge < -0.3 is 4.74 Å². The lowest BCUT2D eigenvalue weighted by molar-refractivity contribution is 0.310. The summed E-state index contributed by atoms with van der Waals surface area (Å²) in [4.78, 5) is 0. The van der Waals surface area contributed by atoms with E-state index in [1.807, 2.05) is 32.3 Å². The molecule has 0 amide bonds. The fraction of sp³-hybridized carbons (Fsp3) is 0.250. The summed E-state index contributed by atoms with van der Waals surface area (Å²) < 4.78 is 7.04. The molecule has 0 aromatic carbocycles. The van der Waals surface area contributed by atoms with E-state index in [1.165, 1.54) is 0 Å². The van der Waals surface area contributed by atoms with Gasteiger partial charge in [-0.05, 0) is 13.0 Å². The van der Waals surface area contributed by atoms with E-state index in [0.29, 0.717) is 0 Å². The van der Waals surface area contributed by atoms with E-state index in [0.717, 1.165) is 16.9 Å². The Balaban J connectivity index is 3.14. The smallest absolute Gasteiger partial charge is 0.122 e. The Morgan fingerprint density at radius 3 is 2.73 bits per heavy atom. The van der Waals surface area contributed by atoms with Crippen molar-refractivity contribution in [2.75, 3.05) is 7.11 Å². The molecule has 0 spiro atoms. The van der Waals surface area contributed by atoms with Gasteiger partial charge in [0, 0.05) is 24.4 Å². The molecule has 80 valence electrons. The van der Waals surface area contributed by atoms with Crippen LogP contribution in [0.1, 0.15) is 12.5 Å². The van der Waals surface area contributed by atoms with Crippen molar-refractivity contribution in [3.8, 4) is 0 Å². The van der Waals surface area contributed by atoms with Gasteiger partial charge in [0.1, 0.15) is 5.76 Å². The molecule has 0 saturated carbocycles. The number of hydrogen-bond donors (Lipinski definition) is 0. The topological polar surface area (TPSA) is 27.1 Å². The van der Waals surface area contributed by atoms with Gasteiger partial charge in [0.15, 0.2) is 0 Å². The van der Waals surface area contributed by atoms with Crippen LogP contribution in [0.4, 0.5) is 0 Å². The SMILES string of the molecule is C=C/C=C(\C(=C/C)OC)c1cnn(C)c1. The molecule has 15 heavy (non-hydrogen) atoms. The number of aryl methyl sites for hydroxylation is 1. The Kier molecular flexibility index (Phi) is 3.92. The number of allylic oxidation sites excluding steroid dienone is 4. The number of rotatable bonds is 4. The zero-order chi connectivity index (χ0) is 11.3. The number of methoxy groups -OCH3 is 1. The van der Waals surface area contributed by atoms with Gasteiger partial charge in [0.05, 0.1) is 13.3 Å². The highest BCUT2D eigenvalue weighted by atomic mass is 16.5. The highest BCUT2D eigenvalue weighted by Crippen LogP contribution is 2.22. The third-order valence-electron chi connectivity index (χ3n) is 2.05. The maximum absolute atomic E-state index is 5.29. The lowest BCUT2D eigenvalue weighted by Gasteiger charge is -2.07. The quantitative estimate of drug-likeness (QED) is 0.556. The monoisotopic (exact) mass is 204 g/mol. The summed E-state index contributed by atoms with van der Waals surface area (Å²) in [5, 5.41) is 4.13. The molecule has 0 atom stereocenters. The lowest BCUT2D eigenvalue weighted by atomic mass is 10.1. The third-order valence-corrected chi connectivity index (χ3v) is 2.05.